The van der Waals surface area contributed by atoms with Crippen LogP contribution in [0.1, 0.15) is 60.5 Å². The first-order valence-electron chi connectivity index (χ1n) is 9.19. The number of rotatable bonds is 6. The predicted molar refractivity (Wildman–Crippen MR) is 101 cm³/mol. The maximum Gasteiger partial charge on any atom is 0.258 e. The lowest BCUT2D eigenvalue weighted by atomic mass is 10.1. The highest BCUT2D eigenvalue weighted by Crippen LogP contribution is 2.21. The number of oxime groups is 1. The highest BCUT2D eigenvalue weighted by atomic mass is 19.1. The normalized spacial score (nSPS) is 15.0. The lowest BCUT2D eigenvalue weighted by molar-refractivity contribution is 0.0642. The van der Waals surface area contributed by atoms with Gasteiger partial charge in [0, 0.05) is 23.5 Å². The molecule has 0 unspecified atom stereocenters. The molecule has 7 heteroatoms. The molecular formula is C20H23FN4O2. The standard InChI is InChI=1S/C20H23FN4O2/c1-3-18(25-27-15-6-4-5-7-15)14-8-9-19(23-10-14)24-20(26)16-11-22-12-17(21)13(16)2/h8-12,15H,3-7H2,1-2H3,(H,23,24,26)/b25-18-. The fourth-order valence-corrected chi connectivity index (χ4v) is 3.00. The monoisotopic (exact) mass is 370 g/mol. The van der Waals surface area contributed by atoms with Crippen molar-refractivity contribution in [1.29, 1.82) is 0 Å². The highest BCUT2D eigenvalue weighted by molar-refractivity contribution is 6.05. The summed E-state index contributed by atoms with van der Waals surface area (Å²) in [5.74, 6) is -0.592. The molecule has 3 rings (SSSR count). The molecule has 1 amide bonds. The molecule has 0 bridgehead atoms. The summed E-state index contributed by atoms with van der Waals surface area (Å²) in [4.78, 5) is 25.9. The second-order valence-corrected chi connectivity index (χ2v) is 6.58. The molecule has 2 heterocycles. The molecule has 27 heavy (non-hydrogen) atoms. The van der Waals surface area contributed by atoms with Gasteiger partial charge >= 0.3 is 0 Å². The van der Waals surface area contributed by atoms with E-state index in [1.807, 2.05) is 13.0 Å². The van der Waals surface area contributed by atoms with E-state index in [9.17, 15) is 9.18 Å². The van der Waals surface area contributed by atoms with E-state index in [1.165, 1.54) is 26.0 Å². The van der Waals surface area contributed by atoms with Crippen molar-refractivity contribution < 1.29 is 14.0 Å². The average molecular weight is 370 g/mol. The number of pyridine rings is 2. The van der Waals surface area contributed by atoms with Crippen LogP contribution in [0.25, 0.3) is 0 Å². The third-order valence-corrected chi connectivity index (χ3v) is 4.69. The van der Waals surface area contributed by atoms with Crippen molar-refractivity contribution in [2.45, 2.75) is 52.1 Å². The topological polar surface area (TPSA) is 76.5 Å². The van der Waals surface area contributed by atoms with Gasteiger partial charge < -0.3 is 10.2 Å². The van der Waals surface area contributed by atoms with Gasteiger partial charge in [-0.1, -0.05) is 12.1 Å². The largest absolute Gasteiger partial charge is 0.392 e. The molecule has 0 aromatic carbocycles. The molecule has 1 aliphatic rings. The molecule has 6 nitrogen and oxygen atoms in total. The van der Waals surface area contributed by atoms with Crippen molar-refractivity contribution >= 4 is 17.4 Å². The van der Waals surface area contributed by atoms with Crippen molar-refractivity contribution in [2.75, 3.05) is 5.32 Å². The fourth-order valence-electron chi connectivity index (χ4n) is 3.00. The molecule has 2 aromatic heterocycles. The van der Waals surface area contributed by atoms with Crippen LogP contribution in [-0.4, -0.2) is 27.7 Å². The summed E-state index contributed by atoms with van der Waals surface area (Å²) in [5.41, 5.74) is 2.10. The van der Waals surface area contributed by atoms with Gasteiger partial charge in [0.1, 0.15) is 17.7 Å². The van der Waals surface area contributed by atoms with Crippen LogP contribution in [-0.2, 0) is 4.84 Å². The maximum absolute atomic E-state index is 13.6. The lowest BCUT2D eigenvalue weighted by Gasteiger charge is -2.10. The van der Waals surface area contributed by atoms with E-state index < -0.39 is 11.7 Å². The third kappa shape index (κ3) is 4.67. The minimum Gasteiger partial charge on any atom is -0.392 e. The predicted octanol–water partition coefficient (Wildman–Crippen LogP) is 4.25. The number of hydrogen-bond donors (Lipinski definition) is 1. The Morgan fingerprint density at radius 3 is 2.74 bits per heavy atom. The van der Waals surface area contributed by atoms with Crippen molar-refractivity contribution in [3.05, 3.63) is 53.2 Å². The van der Waals surface area contributed by atoms with Crippen LogP contribution >= 0.6 is 0 Å². The van der Waals surface area contributed by atoms with Crippen LogP contribution in [0.3, 0.4) is 0 Å². The maximum atomic E-state index is 13.6. The zero-order chi connectivity index (χ0) is 19.2. The van der Waals surface area contributed by atoms with E-state index in [2.05, 4.69) is 20.4 Å². The molecule has 0 aliphatic heterocycles. The summed E-state index contributed by atoms with van der Waals surface area (Å²) >= 11 is 0. The zero-order valence-corrected chi connectivity index (χ0v) is 15.5. The quantitative estimate of drug-likeness (QED) is 0.609. The van der Waals surface area contributed by atoms with Gasteiger partial charge in [0.2, 0.25) is 0 Å². The molecule has 1 fully saturated rings. The summed E-state index contributed by atoms with van der Waals surface area (Å²) in [7, 11) is 0. The first-order valence-corrected chi connectivity index (χ1v) is 9.19. The number of nitrogens with one attached hydrogen (secondary N) is 1. The van der Waals surface area contributed by atoms with Crippen LogP contribution in [0.2, 0.25) is 0 Å². The summed E-state index contributed by atoms with van der Waals surface area (Å²) in [6, 6.07) is 3.52. The Morgan fingerprint density at radius 1 is 1.30 bits per heavy atom. The third-order valence-electron chi connectivity index (χ3n) is 4.69. The Hall–Kier alpha value is -2.83. The van der Waals surface area contributed by atoms with Gasteiger partial charge in [-0.15, -0.1) is 0 Å². The minimum atomic E-state index is -0.517. The molecule has 0 atom stereocenters. The average Bonchev–Trinajstić information content (AvgIpc) is 3.19. The van der Waals surface area contributed by atoms with E-state index in [4.69, 9.17) is 4.84 Å². The number of carbonyl (C=O) groups excluding carboxylic acids is 1. The molecule has 0 radical (unpaired) electrons. The first-order chi connectivity index (χ1) is 13.1. The summed E-state index contributed by atoms with van der Waals surface area (Å²) in [6.07, 6.45) is 9.48. The molecule has 1 aliphatic carbocycles. The Labute approximate surface area is 157 Å². The molecule has 2 aromatic rings. The lowest BCUT2D eigenvalue weighted by Crippen LogP contribution is -2.15. The minimum absolute atomic E-state index is 0.182. The number of carbonyl (C=O) groups is 1. The Morgan fingerprint density at radius 2 is 2.07 bits per heavy atom. The zero-order valence-electron chi connectivity index (χ0n) is 15.5. The second-order valence-electron chi connectivity index (χ2n) is 6.58. The molecule has 0 saturated heterocycles. The van der Waals surface area contributed by atoms with Gasteiger partial charge in [-0.05, 0) is 51.2 Å². The van der Waals surface area contributed by atoms with Crippen molar-refractivity contribution in [2.24, 2.45) is 5.16 Å². The van der Waals surface area contributed by atoms with Crippen LogP contribution in [0.15, 0.2) is 35.9 Å². The summed E-state index contributed by atoms with van der Waals surface area (Å²) < 4.78 is 13.6. The smallest absolute Gasteiger partial charge is 0.258 e. The second kappa shape index (κ2) is 8.70. The van der Waals surface area contributed by atoms with Gasteiger partial charge in [-0.2, -0.15) is 0 Å². The molecule has 1 saturated carbocycles. The molecular weight excluding hydrogens is 347 g/mol. The van der Waals surface area contributed by atoms with E-state index in [0.717, 1.165) is 30.3 Å². The SMILES string of the molecule is CC/C(=N/OC1CCCC1)c1ccc(NC(=O)c2cncc(F)c2C)nc1. The van der Waals surface area contributed by atoms with Gasteiger partial charge in [0.05, 0.1) is 17.5 Å². The number of anilines is 1. The Bertz CT molecular complexity index is 830. The summed E-state index contributed by atoms with van der Waals surface area (Å²) in [5, 5.41) is 6.95. The van der Waals surface area contributed by atoms with Crippen LogP contribution < -0.4 is 5.32 Å². The van der Waals surface area contributed by atoms with Gasteiger partial charge in [-0.25, -0.2) is 9.37 Å². The number of hydrogen-bond acceptors (Lipinski definition) is 5. The molecule has 1 N–H and O–H groups in total. The van der Waals surface area contributed by atoms with Gasteiger partial charge in [0.25, 0.3) is 5.91 Å². The Kier molecular flexibility index (Phi) is 6.11. The number of nitrogens with zero attached hydrogens (tertiary/aromatic N) is 3. The van der Waals surface area contributed by atoms with Gasteiger partial charge in [-0.3, -0.25) is 9.78 Å². The van der Waals surface area contributed by atoms with E-state index >= 15 is 0 Å². The number of halogens is 1. The fraction of sp³-hybridized carbons (Fsp3) is 0.400. The summed E-state index contributed by atoms with van der Waals surface area (Å²) in [6.45, 7) is 3.54. The van der Waals surface area contributed by atoms with Crippen molar-refractivity contribution in [3.63, 3.8) is 0 Å². The van der Waals surface area contributed by atoms with Crippen LogP contribution in [0.4, 0.5) is 10.2 Å². The van der Waals surface area contributed by atoms with E-state index in [0.29, 0.717) is 12.2 Å². The van der Waals surface area contributed by atoms with Crippen LogP contribution in [0, 0.1) is 12.7 Å². The van der Waals surface area contributed by atoms with E-state index in [1.54, 1.807) is 12.3 Å². The van der Waals surface area contributed by atoms with Gasteiger partial charge in [0.15, 0.2) is 0 Å². The van der Waals surface area contributed by atoms with Crippen molar-refractivity contribution in [1.82, 2.24) is 9.97 Å². The Balaban J connectivity index is 1.67. The first kappa shape index (κ1) is 18.9. The molecule has 142 valence electrons. The van der Waals surface area contributed by atoms with E-state index in [-0.39, 0.29) is 17.2 Å². The number of amides is 1. The number of aromatic nitrogens is 2. The van der Waals surface area contributed by atoms with Crippen molar-refractivity contribution in [3.8, 4) is 0 Å². The highest BCUT2D eigenvalue weighted by Gasteiger charge is 2.17. The van der Waals surface area contributed by atoms with Crippen LogP contribution in [0.5, 0.6) is 0 Å². The molecule has 0 spiro atoms.